The lowest BCUT2D eigenvalue weighted by Gasteiger charge is -2.16. The number of rotatable bonds is 4. The van der Waals surface area contributed by atoms with Crippen LogP contribution in [0.5, 0.6) is 0 Å². The molecule has 84 valence electrons. The van der Waals surface area contributed by atoms with Gasteiger partial charge in [0.1, 0.15) is 0 Å². The standard InChI is InChI=1S/C7H13NO5.ClH/c1-3-13-7(12)8-5(4(2)9)6(10)11;/h4-5,9H,3H2,1-2H3,(H,8,12)(H,10,11);1H/t4-,5+;/m1./s1. The number of nitrogens with one attached hydrogen (secondary N) is 1. The highest BCUT2D eigenvalue weighted by Crippen LogP contribution is 1.93. The Kier molecular flexibility index (Phi) is 8.17. The number of ether oxygens (including phenoxy) is 1. The summed E-state index contributed by atoms with van der Waals surface area (Å²) in [6, 6.07) is -1.33. The molecule has 0 heterocycles. The van der Waals surface area contributed by atoms with Gasteiger partial charge in [0.05, 0.1) is 12.7 Å². The van der Waals surface area contributed by atoms with Crippen molar-refractivity contribution in [3.8, 4) is 0 Å². The number of halogens is 1. The van der Waals surface area contributed by atoms with Crippen molar-refractivity contribution in [2.45, 2.75) is 26.0 Å². The molecule has 14 heavy (non-hydrogen) atoms. The third-order valence-corrected chi connectivity index (χ3v) is 1.30. The Morgan fingerprint density at radius 3 is 2.29 bits per heavy atom. The molecule has 0 aromatic carbocycles. The maximum Gasteiger partial charge on any atom is 0.407 e. The van der Waals surface area contributed by atoms with E-state index in [4.69, 9.17) is 10.2 Å². The molecule has 7 heteroatoms. The largest absolute Gasteiger partial charge is 0.480 e. The molecule has 0 bridgehead atoms. The van der Waals surface area contributed by atoms with Crippen LogP contribution in [0.25, 0.3) is 0 Å². The summed E-state index contributed by atoms with van der Waals surface area (Å²) in [5.41, 5.74) is 0. The maximum absolute atomic E-state index is 10.8. The number of carboxylic acid groups (broad SMARTS) is 1. The van der Waals surface area contributed by atoms with Crippen LogP contribution in [0.15, 0.2) is 0 Å². The van der Waals surface area contributed by atoms with Crippen LogP contribution >= 0.6 is 12.4 Å². The number of alkyl carbamates (subject to hydrolysis) is 1. The van der Waals surface area contributed by atoms with E-state index in [1.54, 1.807) is 6.92 Å². The first-order chi connectivity index (χ1) is 5.99. The van der Waals surface area contributed by atoms with Gasteiger partial charge < -0.3 is 20.3 Å². The van der Waals surface area contributed by atoms with Gasteiger partial charge in [0.15, 0.2) is 6.04 Å². The van der Waals surface area contributed by atoms with E-state index in [0.29, 0.717) is 0 Å². The average Bonchev–Trinajstić information content (AvgIpc) is 1.99. The number of hydrogen-bond acceptors (Lipinski definition) is 4. The van der Waals surface area contributed by atoms with Crippen molar-refractivity contribution in [2.24, 2.45) is 0 Å². The minimum absolute atomic E-state index is 0. The molecular formula is C7H14ClNO5. The fourth-order valence-corrected chi connectivity index (χ4v) is 0.688. The highest BCUT2D eigenvalue weighted by molar-refractivity contribution is 5.85. The predicted molar refractivity (Wildman–Crippen MR) is 50.5 cm³/mol. The van der Waals surface area contributed by atoms with Crippen molar-refractivity contribution >= 4 is 24.5 Å². The summed E-state index contributed by atoms with van der Waals surface area (Å²) in [5, 5.41) is 19.5. The Morgan fingerprint density at radius 2 is 2.00 bits per heavy atom. The van der Waals surface area contributed by atoms with Gasteiger partial charge in [-0.05, 0) is 13.8 Å². The minimum atomic E-state index is -1.33. The van der Waals surface area contributed by atoms with Gasteiger partial charge in [-0.3, -0.25) is 0 Å². The molecule has 3 N–H and O–H groups in total. The summed E-state index contributed by atoms with van der Waals surface area (Å²) in [6.45, 7) is 3.01. The van der Waals surface area contributed by atoms with E-state index in [1.165, 1.54) is 6.92 Å². The van der Waals surface area contributed by atoms with Crippen LogP contribution in [-0.2, 0) is 9.53 Å². The van der Waals surface area contributed by atoms with E-state index in [-0.39, 0.29) is 19.0 Å². The lowest BCUT2D eigenvalue weighted by molar-refractivity contribution is -0.142. The van der Waals surface area contributed by atoms with Crippen molar-refractivity contribution in [3.63, 3.8) is 0 Å². The molecule has 1 amide bonds. The molecule has 0 saturated carbocycles. The Hall–Kier alpha value is -1.01. The van der Waals surface area contributed by atoms with Gasteiger partial charge in [-0.2, -0.15) is 0 Å². The van der Waals surface area contributed by atoms with Crippen LogP contribution in [0.3, 0.4) is 0 Å². The quantitative estimate of drug-likeness (QED) is 0.628. The van der Waals surface area contributed by atoms with Gasteiger partial charge in [0.25, 0.3) is 0 Å². The zero-order chi connectivity index (χ0) is 10.4. The molecule has 0 aliphatic rings. The zero-order valence-electron chi connectivity index (χ0n) is 7.89. The second-order valence-corrected chi connectivity index (χ2v) is 2.42. The van der Waals surface area contributed by atoms with Crippen LogP contribution in [0, 0.1) is 0 Å². The third kappa shape index (κ3) is 5.60. The molecule has 6 nitrogen and oxygen atoms in total. The van der Waals surface area contributed by atoms with Crippen LogP contribution in [0.2, 0.25) is 0 Å². The molecule has 0 rings (SSSR count). The molecule has 0 saturated heterocycles. The van der Waals surface area contributed by atoms with E-state index < -0.39 is 24.2 Å². The first kappa shape index (κ1) is 15.5. The number of carbonyl (C=O) groups is 2. The number of aliphatic hydroxyl groups excluding tert-OH is 1. The van der Waals surface area contributed by atoms with Crippen LogP contribution in [0.1, 0.15) is 13.8 Å². The first-order valence-electron chi connectivity index (χ1n) is 3.83. The predicted octanol–water partition coefficient (Wildman–Crippen LogP) is -0.0117. The first-order valence-corrected chi connectivity index (χ1v) is 3.83. The molecule has 0 aliphatic heterocycles. The lowest BCUT2D eigenvalue weighted by atomic mass is 10.2. The highest BCUT2D eigenvalue weighted by Gasteiger charge is 2.25. The fourth-order valence-electron chi connectivity index (χ4n) is 0.688. The van der Waals surface area contributed by atoms with Crippen LogP contribution in [-0.4, -0.2) is 41.0 Å². The van der Waals surface area contributed by atoms with Crippen molar-refractivity contribution in [2.75, 3.05) is 6.61 Å². The van der Waals surface area contributed by atoms with Gasteiger partial charge in [0, 0.05) is 0 Å². The number of amides is 1. The van der Waals surface area contributed by atoms with E-state index in [2.05, 4.69) is 4.74 Å². The highest BCUT2D eigenvalue weighted by atomic mass is 35.5. The third-order valence-electron chi connectivity index (χ3n) is 1.30. The van der Waals surface area contributed by atoms with Crippen molar-refractivity contribution < 1.29 is 24.5 Å². The Balaban J connectivity index is 0. The van der Waals surface area contributed by atoms with Gasteiger partial charge in [-0.15, -0.1) is 12.4 Å². The van der Waals surface area contributed by atoms with Crippen molar-refractivity contribution in [3.05, 3.63) is 0 Å². The van der Waals surface area contributed by atoms with Crippen molar-refractivity contribution in [1.82, 2.24) is 5.32 Å². The molecule has 0 spiro atoms. The van der Waals surface area contributed by atoms with Gasteiger partial charge in [0.2, 0.25) is 0 Å². The fraction of sp³-hybridized carbons (Fsp3) is 0.714. The normalized spacial score (nSPS) is 13.4. The molecule has 0 aliphatic carbocycles. The smallest absolute Gasteiger partial charge is 0.407 e. The van der Waals surface area contributed by atoms with Gasteiger partial charge >= 0.3 is 12.1 Å². The Labute approximate surface area is 87.7 Å². The topological polar surface area (TPSA) is 95.9 Å². The van der Waals surface area contributed by atoms with E-state index in [0.717, 1.165) is 0 Å². The Bertz CT molecular complexity index is 197. The second-order valence-electron chi connectivity index (χ2n) is 2.42. The molecule has 0 fully saturated rings. The summed E-state index contributed by atoms with van der Waals surface area (Å²) >= 11 is 0. The number of hydrogen-bond donors (Lipinski definition) is 3. The van der Waals surface area contributed by atoms with E-state index in [9.17, 15) is 9.59 Å². The Morgan fingerprint density at radius 1 is 1.50 bits per heavy atom. The molecule has 0 radical (unpaired) electrons. The summed E-state index contributed by atoms with van der Waals surface area (Å²) in [4.78, 5) is 21.2. The summed E-state index contributed by atoms with van der Waals surface area (Å²) < 4.78 is 4.45. The average molecular weight is 228 g/mol. The lowest BCUT2D eigenvalue weighted by Crippen LogP contribution is -2.47. The summed E-state index contributed by atoms with van der Waals surface area (Å²) in [6.07, 6.45) is -2.02. The number of aliphatic carboxylic acids is 1. The zero-order valence-corrected chi connectivity index (χ0v) is 8.71. The molecule has 0 aromatic rings. The molecule has 0 unspecified atom stereocenters. The molecule has 2 atom stereocenters. The second kappa shape index (κ2) is 7.40. The van der Waals surface area contributed by atoms with E-state index in [1.807, 2.05) is 5.32 Å². The van der Waals surface area contributed by atoms with E-state index >= 15 is 0 Å². The number of aliphatic hydroxyl groups is 1. The van der Waals surface area contributed by atoms with Crippen molar-refractivity contribution in [1.29, 1.82) is 0 Å². The SMILES string of the molecule is CCOC(=O)N[C@H](C(=O)O)[C@@H](C)O.Cl. The summed E-state index contributed by atoms with van der Waals surface area (Å²) in [7, 11) is 0. The summed E-state index contributed by atoms with van der Waals surface area (Å²) in [5.74, 6) is -1.30. The molecule has 0 aromatic heterocycles. The molecular weight excluding hydrogens is 214 g/mol. The van der Waals surface area contributed by atoms with Gasteiger partial charge in [-0.25, -0.2) is 9.59 Å². The monoisotopic (exact) mass is 227 g/mol. The number of carbonyl (C=O) groups excluding carboxylic acids is 1. The number of carboxylic acids is 1. The van der Waals surface area contributed by atoms with Crippen LogP contribution in [0.4, 0.5) is 4.79 Å². The maximum atomic E-state index is 10.8. The van der Waals surface area contributed by atoms with Gasteiger partial charge in [-0.1, -0.05) is 0 Å². The minimum Gasteiger partial charge on any atom is -0.480 e. The van der Waals surface area contributed by atoms with Crippen LogP contribution < -0.4 is 5.32 Å².